The van der Waals surface area contributed by atoms with E-state index in [1.807, 2.05) is 36.6 Å². The standard InChI is InChI=1S/C17H20N2O4S/c1-3-23-14-6-4-12(5-7-14)17-19-13(11-24-17)10-15(20)18-9-8-16(21)22-2/h4-7,11H,3,8-10H2,1-2H3,(H,18,20). The zero-order chi connectivity index (χ0) is 17.4. The molecule has 7 heteroatoms. The number of ether oxygens (including phenoxy) is 2. The Hall–Kier alpha value is -2.41. The van der Waals surface area contributed by atoms with Gasteiger partial charge in [0.25, 0.3) is 0 Å². The van der Waals surface area contributed by atoms with Gasteiger partial charge >= 0.3 is 5.97 Å². The quantitative estimate of drug-likeness (QED) is 0.742. The van der Waals surface area contributed by atoms with Crippen LogP contribution in [0.25, 0.3) is 10.6 Å². The Balaban J connectivity index is 1.88. The lowest BCUT2D eigenvalue weighted by molar-refractivity contribution is -0.140. The first-order valence-corrected chi connectivity index (χ1v) is 8.51. The molecule has 1 N–H and O–H groups in total. The van der Waals surface area contributed by atoms with Crippen molar-refractivity contribution in [2.75, 3.05) is 20.3 Å². The number of rotatable bonds is 8. The Kier molecular flexibility index (Phi) is 6.74. The summed E-state index contributed by atoms with van der Waals surface area (Å²) in [5, 5.41) is 5.40. The number of esters is 1. The summed E-state index contributed by atoms with van der Waals surface area (Å²) in [7, 11) is 1.32. The van der Waals surface area contributed by atoms with Crippen LogP contribution in [-0.2, 0) is 20.7 Å². The predicted molar refractivity (Wildman–Crippen MR) is 92.1 cm³/mol. The van der Waals surface area contributed by atoms with E-state index in [2.05, 4.69) is 15.0 Å². The lowest BCUT2D eigenvalue weighted by Gasteiger charge is -2.03. The number of aromatic nitrogens is 1. The van der Waals surface area contributed by atoms with Crippen molar-refractivity contribution in [1.29, 1.82) is 0 Å². The third-order valence-electron chi connectivity index (χ3n) is 3.18. The summed E-state index contributed by atoms with van der Waals surface area (Å²) in [5.74, 6) is 0.312. The highest BCUT2D eigenvalue weighted by molar-refractivity contribution is 7.13. The zero-order valence-electron chi connectivity index (χ0n) is 13.7. The molecule has 0 bridgehead atoms. The van der Waals surface area contributed by atoms with Gasteiger partial charge in [0.15, 0.2) is 0 Å². The summed E-state index contributed by atoms with van der Waals surface area (Å²) >= 11 is 1.49. The fourth-order valence-electron chi connectivity index (χ4n) is 2.01. The number of hydrogen-bond acceptors (Lipinski definition) is 6. The normalized spacial score (nSPS) is 10.2. The number of carbonyl (C=O) groups excluding carboxylic acids is 2. The third kappa shape index (κ3) is 5.34. The zero-order valence-corrected chi connectivity index (χ0v) is 14.5. The molecular formula is C17H20N2O4S. The second-order valence-corrected chi connectivity index (χ2v) is 5.81. The maximum atomic E-state index is 11.8. The number of amides is 1. The fourth-order valence-corrected chi connectivity index (χ4v) is 2.84. The molecule has 2 rings (SSSR count). The highest BCUT2D eigenvalue weighted by atomic mass is 32.1. The van der Waals surface area contributed by atoms with Gasteiger partial charge in [-0.15, -0.1) is 11.3 Å². The lowest BCUT2D eigenvalue weighted by Crippen LogP contribution is -2.27. The summed E-state index contributed by atoms with van der Waals surface area (Å²) in [5.41, 5.74) is 1.69. The van der Waals surface area contributed by atoms with Gasteiger partial charge in [-0.2, -0.15) is 0 Å². The van der Waals surface area contributed by atoms with Crippen LogP contribution in [0, 0.1) is 0 Å². The molecule has 0 fully saturated rings. The summed E-state index contributed by atoms with van der Waals surface area (Å²) in [6.45, 7) is 2.84. The first kappa shape index (κ1) is 17.9. The average molecular weight is 348 g/mol. The highest BCUT2D eigenvalue weighted by Crippen LogP contribution is 2.25. The molecule has 0 aliphatic heterocycles. The molecule has 6 nitrogen and oxygen atoms in total. The SMILES string of the molecule is CCOc1ccc(-c2nc(CC(=O)NCCC(=O)OC)cs2)cc1. The van der Waals surface area contributed by atoms with Crippen LogP contribution in [0.2, 0.25) is 0 Å². The number of nitrogens with zero attached hydrogens (tertiary/aromatic N) is 1. The molecule has 0 unspecified atom stereocenters. The van der Waals surface area contributed by atoms with Gasteiger partial charge in [-0.1, -0.05) is 0 Å². The Morgan fingerprint density at radius 1 is 1.25 bits per heavy atom. The minimum Gasteiger partial charge on any atom is -0.494 e. The summed E-state index contributed by atoms with van der Waals surface area (Å²) in [6, 6.07) is 7.70. The predicted octanol–water partition coefficient (Wildman–Crippen LogP) is 2.43. The molecule has 1 aromatic heterocycles. The van der Waals surface area contributed by atoms with Crippen molar-refractivity contribution in [2.45, 2.75) is 19.8 Å². The molecule has 0 atom stereocenters. The number of carbonyl (C=O) groups is 2. The van der Waals surface area contributed by atoms with E-state index in [1.165, 1.54) is 18.4 Å². The Bertz CT molecular complexity index is 682. The van der Waals surface area contributed by atoms with Crippen molar-refractivity contribution in [3.8, 4) is 16.3 Å². The van der Waals surface area contributed by atoms with E-state index in [0.29, 0.717) is 12.3 Å². The molecule has 0 radical (unpaired) electrons. The minimum absolute atomic E-state index is 0.163. The molecule has 24 heavy (non-hydrogen) atoms. The van der Waals surface area contributed by atoms with Gasteiger partial charge in [-0.05, 0) is 31.2 Å². The van der Waals surface area contributed by atoms with Gasteiger partial charge in [0.2, 0.25) is 5.91 Å². The molecule has 2 aromatic rings. The van der Waals surface area contributed by atoms with Crippen molar-refractivity contribution < 1.29 is 19.1 Å². The van der Waals surface area contributed by atoms with Gasteiger partial charge < -0.3 is 14.8 Å². The molecule has 0 spiro atoms. The smallest absolute Gasteiger partial charge is 0.307 e. The number of benzene rings is 1. The van der Waals surface area contributed by atoms with Crippen LogP contribution in [0.15, 0.2) is 29.6 Å². The first-order valence-electron chi connectivity index (χ1n) is 7.63. The number of thiazole rings is 1. The Morgan fingerprint density at radius 2 is 2.00 bits per heavy atom. The third-order valence-corrected chi connectivity index (χ3v) is 4.12. The monoisotopic (exact) mass is 348 g/mol. The van der Waals surface area contributed by atoms with Crippen molar-refractivity contribution in [3.63, 3.8) is 0 Å². The van der Waals surface area contributed by atoms with Crippen molar-refractivity contribution in [1.82, 2.24) is 10.3 Å². The van der Waals surface area contributed by atoms with Crippen molar-refractivity contribution >= 4 is 23.2 Å². The van der Waals surface area contributed by atoms with Crippen molar-refractivity contribution in [3.05, 3.63) is 35.3 Å². The fraction of sp³-hybridized carbons (Fsp3) is 0.353. The molecule has 1 aromatic carbocycles. The second-order valence-electron chi connectivity index (χ2n) is 4.95. The van der Waals surface area contributed by atoms with Crippen LogP contribution in [0.1, 0.15) is 19.0 Å². The second kappa shape index (κ2) is 9.02. The number of methoxy groups -OCH3 is 1. The maximum Gasteiger partial charge on any atom is 0.307 e. The van der Waals surface area contributed by atoms with Gasteiger partial charge in [0, 0.05) is 17.5 Å². The number of nitrogens with one attached hydrogen (secondary N) is 1. The first-order chi connectivity index (χ1) is 11.6. The lowest BCUT2D eigenvalue weighted by atomic mass is 10.2. The van der Waals surface area contributed by atoms with E-state index in [4.69, 9.17) is 4.74 Å². The van der Waals surface area contributed by atoms with Gasteiger partial charge in [0.1, 0.15) is 10.8 Å². The van der Waals surface area contributed by atoms with Gasteiger partial charge in [-0.3, -0.25) is 9.59 Å². The molecule has 0 saturated carbocycles. The molecule has 0 aliphatic carbocycles. The van der Waals surface area contributed by atoms with Gasteiger partial charge in [0.05, 0.1) is 32.3 Å². The topological polar surface area (TPSA) is 77.5 Å². The molecule has 0 saturated heterocycles. The van der Waals surface area contributed by atoms with Crippen LogP contribution in [0.3, 0.4) is 0 Å². The summed E-state index contributed by atoms with van der Waals surface area (Å²) in [6.07, 6.45) is 0.353. The Labute approximate surface area is 144 Å². The number of hydrogen-bond donors (Lipinski definition) is 1. The van der Waals surface area contributed by atoms with E-state index in [0.717, 1.165) is 16.3 Å². The highest BCUT2D eigenvalue weighted by Gasteiger charge is 2.10. The summed E-state index contributed by atoms with van der Waals surface area (Å²) in [4.78, 5) is 27.3. The van der Waals surface area contributed by atoms with E-state index in [1.54, 1.807) is 0 Å². The summed E-state index contributed by atoms with van der Waals surface area (Å²) < 4.78 is 9.93. The van der Waals surface area contributed by atoms with Crippen molar-refractivity contribution in [2.24, 2.45) is 0 Å². The van der Waals surface area contributed by atoms with Gasteiger partial charge in [-0.25, -0.2) is 4.98 Å². The molecule has 1 heterocycles. The molecule has 128 valence electrons. The molecular weight excluding hydrogens is 328 g/mol. The molecule has 1 amide bonds. The van der Waals surface area contributed by atoms with E-state index < -0.39 is 0 Å². The van der Waals surface area contributed by atoms with Crippen LogP contribution < -0.4 is 10.1 Å². The van der Waals surface area contributed by atoms with Crippen LogP contribution in [-0.4, -0.2) is 37.1 Å². The van der Waals surface area contributed by atoms with Crippen LogP contribution in [0.4, 0.5) is 0 Å². The van der Waals surface area contributed by atoms with Crippen LogP contribution >= 0.6 is 11.3 Å². The minimum atomic E-state index is -0.346. The van der Waals surface area contributed by atoms with E-state index >= 15 is 0 Å². The largest absolute Gasteiger partial charge is 0.494 e. The Morgan fingerprint density at radius 3 is 2.67 bits per heavy atom. The molecule has 0 aliphatic rings. The maximum absolute atomic E-state index is 11.8. The van der Waals surface area contributed by atoms with E-state index in [-0.39, 0.29) is 31.3 Å². The van der Waals surface area contributed by atoms with E-state index in [9.17, 15) is 9.59 Å². The van der Waals surface area contributed by atoms with Crippen LogP contribution in [0.5, 0.6) is 5.75 Å². The average Bonchev–Trinajstić information content (AvgIpc) is 3.04.